The summed E-state index contributed by atoms with van der Waals surface area (Å²) in [7, 11) is 0. The highest BCUT2D eigenvalue weighted by Crippen LogP contribution is 2.19. The van der Waals surface area contributed by atoms with E-state index < -0.39 is 0 Å². The predicted octanol–water partition coefficient (Wildman–Crippen LogP) is 4.23. The first kappa shape index (κ1) is 15.0. The number of hydrogen-bond acceptors (Lipinski definition) is 1. The van der Waals surface area contributed by atoms with Crippen molar-refractivity contribution in [2.45, 2.75) is 20.3 Å². The van der Waals surface area contributed by atoms with Crippen molar-refractivity contribution in [1.29, 1.82) is 0 Å². The van der Waals surface area contributed by atoms with E-state index in [0.29, 0.717) is 15.7 Å². The molecule has 1 amide bonds. The van der Waals surface area contributed by atoms with Crippen molar-refractivity contribution in [2.24, 2.45) is 0 Å². The van der Waals surface area contributed by atoms with Gasteiger partial charge in [0, 0.05) is 3.57 Å². The lowest BCUT2D eigenvalue weighted by molar-refractivity contribution is -0.115. The van der Waals surface area contributed by atoms with Gasteiger partial charge in [0.05, 0.1) is 12.1 Å². The number of anilines is 1. The number of carbonyl (C=O) groups is 1. The Kier molecular flexibility index (Phi) is 4.75. The molecule has 0 saturated heterocycles. The van der Waals surface area contributed by atoms with E-state index in [4.69, 9.17) is 0 Å². The van der Waals surface area contributed by atoms with Crippen molar-refractivity contribution in [3.63, 3.8) is 0 Å². The summed E-state index contributed by atoms with van der Waals surface area (Å²) >= 11 is 2.01. The fourth-order valence-electron chi connectivity index (χ4n) is 1.95. The van der Waals surface area contributed by atoms with Crippen LogP contribution < -0.4 is 5.32 Å². The molecule has 0 heterocycles. The van der Waals surface area contributed by atoms with Gasteiger partial charge in [-0.3, -0.25) is 4.79 Å². The van der Waals surface area contributed by atoms with Crippen LogP contribution in [0.15, 0.2) is 36.4 Å². The standard InChI is InChI=1S/C16H15FINO/c1-10-3-4-11(2)12(7-10)8-16(20)19-15-6-5-13(17)9-14(15)18/h3-7,9H,8H2,1-2H3,(H,19,20). The maximum atomic E-state index is 13.0. The van der Waals surface area contributed by atoms with Gasteiger partial charge in [-0.05, 0) is 65.8 Å². The summed E-state index contributed by atoms with van der Waals surface area (Å²) in [6, 6.07) is 10.4. The summed E-state index contributed by atoms with van der Waals surface area (Å²) in [6.07, 6.45) is 0.320. The third-order valence-corrected chi connectivity index (χ3v) is 3.95. The minimum atomic E-state index is -0.304. The molecule has 0 bridgehead atoms. The van der Waals surface area contributed by atoms with Gasteiger partial charge in [0.1, 0.15) is 5.82 Å². The van der Waals surface area contributed by atoms with Gasteiger partial charge < -0.3 is 5.32 Å². The molecule has 0 unspecified atom stereocenters. The lowest BCUT2D eigenvalue weighted by atomic mass is 10.0. The van der Waals surface area contributed by atoms with Gasteiger partial charge in [0.15, 0.2) is 0 Å². The molecule has 0 fully saturated rings. The van der Waals surface area contributed by atoms with Gasteiger partial charge in [0.25, 0.3) is 0 Å². The molecule has 0 aliphatic rings. The Morgan fingerprint density at radius 1 is 1.20 bits per heavy atom. The molecular formula is C16H15FINO. The highest BCUT2D eigenvalue weighted by atomic mass is 127. The normalized spacial score (nSPS) is 10.4. The Balaban J connectivity index is 2.11. The average Bonchev–Trinajstić information content (AvgIpc) is 2.37. The Bertz CT molecular complexity index is 655. The molecule has 0 atom stereocenters. The molecule has 2 aromatic carbocycles. The first-order valence-corrected chi connectivity index (χ1v) is 7.34. The summed E-state index contributed by atoms with van der Waals surface area (Å²) < 4.78 is 13.7. The third kappa shape index (κ3) is 3.79. The summed E-state index contributed by atoms with van der Waals surface area (Å²) in [4.78, 5) is 12.1. The maximum absolute atomic E-state index is 13.0. The number of halogens is 2. The maximum Gasteiger partial charge on any atom is 0.228 e. The zero-order valence-electron chi connectivity index (χ0n) is 11.3. The zero-order chi connectivity index (χ0) is 14.7. The monoisotopic (exact) mass is 383 g/mol. The molecule has 20 heavy (non-hydrogen) atoms. The van der Waals surface area contributed by atoms with Crippen LogP contribution in [0.1, 0.15) is 16.7 Å². The molecule has 0 spiro atoms. The van der Waals surface area contributed by atoms with Crippen molar-refractivity contribution < 1.29 is 9.18 Å². The van der Waals surface area contributed by atoms with Crippen molar-refractivity contribution in [3.8, 4) is 0 Å². The Morgan fingerprint density at radius 2 is 1.95 bits per heavy atom. The Hall–Kier alpha value is -1.43. The van der Waals surface area contributed by atoms with Crippen LogP contribution in [0.25, 0.3) is 0 Å². The molecule has 0 aliphatic carbocycles. The van der Waals surface area contributed by atoms with Crippen LogP contribution in [0.2, 0.25) is 0 Å². The Morgan fingerprint density at radius 3 is 2.65 bits per heavy atom. The van der Waals surface area contributed by atoms with Crippen molar-refractivity contribution >= 4 is 34.2 Å². The van der Waals surface area contributed by atoms with E-state index in [0.717, 1.165) is 16.7 Å². The van der Waals surface area contributed by atoms with Gasteiger partial charge >= 0.3 is 0 Å². The van der Waals surface area contributed by atoms with Crippen LogP contribution in [0.4, 0.5) is 10.1 Å². The lowest BCUT2D eigenvalue weighted by Crippen LogP contribution is -2.16. The second-order valence-electron chi connectivity index (χ2n) is 4.78. The molecule has 0 aromatic heterocycles. The second kappa shape index (κ2) is 6.35. The van der Waals surface area contributed by atoms with Crippen LogP contribution >= 0.6 is 22.6 Å². The van der Waals surface area contributed by atoms with Crippen LogP contribution in [0.5, 0.6) is 0 Å². The Labute approximate surface area is 131 Å². The number of benzene rings is 2. The molecule has 1 N–H and O–H groups in total. The van der Waals surface area contributed by atoms with Gasteiger partial charge in [-0.15, -0.1) is 0 Å². The van der Waals surface area contributed by atoms with E-state index in [-0.39, 0.29) is 11.7 Å². The topological polar surface area (TPSA) is 29.1 Å². The first-order chi connectivity index (χ1) is 9.45. The number of rotatable bonds is 3. The van der Waals surface area contributed by atoms with Crippen molar-refractivity contribution in [2.75, 3.05) is 5.32 Å². The smallest absolute Gasteiger partial charge is 0.228 e. The predicted molar refractivity (Wildman–Crippen MR) is 87.4 cm³/mol. The zero-order valence-corrected chi connectivity index (χ0v) is 13.5. The third-order valence-electron chi connectivity index (χ3n) is 3.06. The van der Waals surface area contributed by atoms with Crippen LogP contribution in [0, 0.1) is 23.2 Å². The molecule has 0 aliphatic heterocycles. The highest BCUT2D eigenvalue weighted by molar-refractivity contribution is 14.1. The number of amides is 1. The lowest BCUT2D eigenvalue weighted by Gasteiger charge is -2.10. The molecule has 2 nitrogen and oxygen atoms in total. The second-order valence-corrected chi connectivity index (χ2v) is 5.94. The van der Waals surface area contributed by atoms with Gasteiger partial charge in [-0.1, -0.05) is 23.8 Å². The molecule has 2 aromatic rings. The summed E-state index contributed by atoms with van der Waals surface area (Å²) in [6.45, 7) is 3.99. The summed E-state index contributed by atoms with van der Waals surface area (Å²) in [5.41, 5.74) is 3.89. The number of hydrogen-bond donors (Lipinski definition) is 1. The average molecular weight is 383 g/mol. The van der Waals surface area contributed by atoms with E-state index in [1.54, 1.807) is 6.07 Å². The number of carbonyl (C=O) groups excluding carboxylic acids is 1. The van der Waals surface area contributed by atoms with E-state index in [2.05, 4.69) is 5.32 Å². The quantitative estimate of drug-likeness (QED) is 0.790. The highest BCUT2D eigenvalue weighted by Gasteiger charge is 2.09. The molecule has 0 saturated carbocycles. The SMILES string of the molecule is Cc1ccc(C)c(CC(=O)Nc2ccc(F)cc2I)c1. The molecule has 0 radical (unpaired) electrons. The van der Waals surface area contributed by atoms with E-state index in [1.165, 1.54) is 12.1 Å². The fourth-order valence-corrected chi connectivity index (χ4v) is 2.56. The number of aryl methyl sites for hydroxylation is 2. The number of nitrogens with one attached hydrogen (secondary N) is 1. The van der Waals surface area contributed by atoms with Crippen molar-refractivity contribution in [3.05, 3.63) is 62.5 Å². The van der Waals surface area contributed by atoms with Gasteiger partial charge in [0.2, 0.25) is 5.91 Å². The fraction of sp³-hybridized carbons (Fsp3) is 0.188. The largest absolute Gasteiger partial charge is 0.325 e. The first-order valence-electron chi connectivity index (χ1n) is 6.27. The minimum absolute atomic E-state index is 0.0942. The molecule has 4 heteroatoms. The van der Waals surface area contributed by atoms with E-state index in [9.17, 15) is 9.18 Å². The van der Waals surface area contributed by atoms with E-state index in [1.807, 2.05) is 54.6 Å². The summed E-state index contributed by atoms with van der Waals surface area (Å²) in [5, 5.41) is 2.82. The molecule has 104 valence electrons. The minimum Gasteiger partial charge on any atom is -0.325 e. The molecule has 2 rings (SSSR count). The van der Waals surface area contributed by atoms with Gasteiger partial charge in [-0.25, -0.2) is 4.39 Å². The van der Waals surface area contributed by atoms with Crippen LogP contribution in [0.3, 0.4) is 0 Å². The summed E-state index contributed by atoms with van der Waals surface area (Å²) in [5.74, 6) is -0.398. The molecular weight excluding hydrogens is 368 g/mol. The van der Waals surface area contributed by atoms with E-state index >= 15 is 0 Å². The van der Waals surface area contributed by atoms with Gasteiger partial charge in [-0.2, -0.15) is 0 Å². The van der Waals surface area contributed by atoms with Crippen LogP contribution in [-0.4, -0.2) is 5.91 Å². The van der Waals surface area contributed by atoms with Crippen LogP contribution in [-0.2, 0) is 11.2 Å². The van der Waals surface area contributed by atoms with Crippen molar-refractivity contribution in [1.82, 2.24) is 0 Å².